The minimum absolute atomic E-state index is 0.110. The number of nitrogens with zero attached hydrogens (tertiary/aromatic N) is 2. The number of aliphatic hydroxyl groups is 1. The first-order valence-electron chi connectivity index (χ1n) is 6.25. The molecule has 2 unspecified atom stereocenters. The van der Waals surface area contributed by atoms with Gasteiger partial charge >= 0.3 is 0 Å². The first kappa shape index (κ1) is 12.1. The van der Waals surface area contributed by atoms with E-state index in [4.69, 9.17) is 0 Å². The number of aliphatic hydroxyl groups excluding tert-OH is 1. The van der Waals surface area contributed by atoms with Crippen LogP contribution < -0.4 is 10.6 Å². The van der Waals surface area contributed by atoms with Gasteiger partial charge in [0.1, 0.15) is 11.6 Å². The summed E-state index contributed by atoms with van der Waals surface area (Å²) in [5.41, 5.74) is 0. The Kier molecular flexibility index (Phi) is 4.14. The second-order valence-electron chi connectivity index (χ2n) is 4.53. The topological polar surface area (TPSA) is 70.1 Å². The zero-order chi connectivity index (χ0) is 12.1. The fraction of sp³-hybridized carbons (Fsp3) is 0.667. The summed E-state index contributed by atoms with van der Waals surface area (Å²) < 4.78 is 0. The molecular formula is C12H20N4O. The molecule has 1 saturated carbocycles. The molecule has 5 nitrogen and oxygen atoms in total. The summed E-state index contributed by atoms with van der Waals surface area (Å²) in [5, 5.41) is 15.9. The Morgan fingerprint density at radius 3 is 2.71 bits per heavy atom. The summed E-state index contributed by atoms with van der Waals surface area (Å²) in [6, 6.07) is 0. The van der Waals surface area contributed by atoms with E-state index < -0.39 is 0 Å². The van der Waals surface area contributed by atoms with Gasteiger partial charge < -0.3 is 15.7 Å². The van der Waals surface area contributed by atoms with Crippen molar-refractivity contribution < 1.29 is 5.11 Å². The first-order valence-corrected chi connectivity index (χ1v) is 6.25. The van der Waals surface area contributed by atoms with E-state index in [0.29, 0.717) is 5.92 Å². The van der Waals surface area contributed by atoms with Gasteiger partial charge in [-0.2, -0.15) is 0 Å². The van der Waals surface area contributed by atoms with Crippen molar-refractivity contribution in [3.8, 4) is 0 Å². The van der Waals surface area contributed by atoms with Crippen LogP contribution in [0.4, 0.5) is 11.6 Å². The molecule has 1 fully saturated rings. The van der Waals surface area contributed by atoms with Crippen molar-refractivity contribution in [2.24, 2.45) is 5.92 Å². The van der Waals surface area contributed by atoms with Gasteiger partial charge in [-0.05, 0) is 32.1 Å². The molecule has 1 heterocycles. The van der Waals surface area contributed by atoms with Gasteiger partial charge in [-0.25, -0.2) is 4.98 Å². The molecule has 0 amide bonds. The van der Waals surface area contributed by atoms with Gasteiger partial charge in [0.05, 0.1) is 18.5 Å². The number of anilines is 2. The van der Waals surface area contributed by atoms with Crippen molar-refractivity contribution >= 4 is 11.6 Å². The molecule has 1 aliphatic carbocycles. The van der Waals surface area contributed by atoms with E-state index in [2.05, 4.69) is 20.6 Å². The fourth-order valence-electron chi connectivity index (χ4n) is 2.20. The Labute approximate surface area is 102 Å². The lowest BCUT2D eigenvalue weighted by Crippen LogP contribution is -2.14. The minimum Gasteiger partial charge on any atom is -0.393 e. The normalized spacial score (nSPS) is 23.6. The number of aromatic nitrogens is 2. The van der Waals surface area contributed by atoms with Gasteiger partial charge in [0.25, 0.3) is 0 Å². The summed E-state index contributed by atoms with van der Waals surface area (Å²) in [5.74, 6) is 2.14. The molecule has 0 aromatic carbocycles. The van der Waals surface area contributed by atoms with Gasteiger partial charge in [0, 0.05) is 13.1 Å². The summed E-state index contributed by atoms with van der Waals surface area (Å²) >= 11 is 0. The van der Waals surface area contributed by atoms with Crippen LogP contribution in [-0.4, -0.2) is 34.3 Å². The van der Waals surface area contributed by atoms with E-state index in [1.807, 2.05) is 6.92 Å². The van der Waals surface area contributed by atoms with Crippen LogP contribution in [0.3, 0.4) is 0 Å². The Bertz CT molecular complexity index is 358. The second kappa shape index (κ2) is 5.82. The maximum Gasteiger partial charge on any atom is 0.146 e. The zero-order valence-electron chi connectivity index (χ0n) is 10.2. The smallest absolute Gasteiger partial charge is 0.146 e. The summed E-state index contributed by atoms with van der Waals surface area (Å²) in [7, 11) is 0. The van der Waals surface area contributed by atoms with Crippen molar-refractivity contribution in [2.45, 2.75) is 32.3 Å². The predicted octanol–water partition coefficient (Wildman–Crippen LogP) is 1.48. The SMILES string of the molecule is CCNc1cncc(NCC2CCC(O)C2)n1. The highest BCUT2D eigenvalue weighted by Crippen LogP contribution is 2.25. The fourth-order valence-corrected chi connectivity index (χ4v) is 2.20. The standard InChI is InChI=1S/C12H20N4O/c1-2-14-11-7-13-8-12(16-11)15-6-9-3-4-10(17)5-9/h7-10,17H,2-6H2,1H3,(H2,14,15,16). The molecule has 2 rings (SSSR count). The average Bonchev–Trinajstić information content (AvgIpc) is 2.74. The number of rotatable bonds is 5. The molecule has 0 aliphatic heterocycles. The van der Waals surface area contributed by atoms with Gasteiger partial charge in [0.2, 0.25) is 0 Å². The van der Waals surface area contributed by atoms with E-state index in [0.717, 1.165) is 44.0 Å². The largest absolute Gasteiger partial charge is 0.393 e. The number of hydrogen-bond acceptors (Lipinski definition) is 5. The Morgan fingerprint density at radius 1 is 1.29 bits per heavy atom. The van der Waals surface area contributed by atoms with Crippen molar-refractivity contribution in [2.75, 3.05) is 23.7 Å². The van der Waals surface area contributed by atoms with Gasteiger partial charge in [-0.15, -0.1) is 0 Å². The Balaban J connectivity index is 1.83. The maximum absolute atomic E-state index is 9.45. The van der Waals surface area contributed by atoms with Gasteiger partial charge in [0.15, 0.2) is 0 Å². The third-order valence-corrected chi connectivity index (χ3v) is 3.08. The molecule has 0 spiro atoms. The molecule has 5 heteroatoms. The lowest BCUT2D eigenvalue weighted by atomic mass is 10.1. The lowest BCUT2D eigenvalue weighted by Gasteiger charge is -2.11. The van der Waals surface area contributed by atoms with Crippen LogP contribution in [-0.2, 0) is 0 Å². The van der Waals surface area contributed by atoms with E-state index in [-0.39, 0.29) is 6.10 Å². The molecule has 94 valence electrons. The summed E-state index contributed by atoms with van der Waals surface area (Å²) in [6.45, 7) is 3.73. The Hall–Kier alpha value is -1.36. The predicted molar refractivity (Wildman–Crippen MR) is 68.0 cm³/mol. The van der Waals surface area contributed by atoms with Crippen molar-refractivity contribution in [1.82, 2.24) is 9.97 Å². The van der Waals surface area contributed by atoms with Crippen molar-refractivity contribution in [3.05, 3.63) is 12.4 Å². The van der Waals surface area contributed by atoms with E-state index in [1.165, 1.54) is 0 Å². The van der Waals surface area contributed by atoms with E-state index in [9.17, 15) is 5.11 Å². The third kappa shape index (κ3) is 3.56. The van der Waals surface area contributed by atoms with Gasteiger partial charge in [-0.3, -0.25) is 4.98 Å². The molecule has 2 atom stereocenters. The van der Waals surface area contributed by atoms with E-state index >= 15 is 0 Å². The Morgan fingerprint density at radius 2 is 2.06 bits per heavy atom. The highest BCUT2D eigenvalue weighted by atomic mass is 16.3. The van der Waals surface area contributed by atoms with Crippen LogP contribution >= 0.6 is 0 Å². The van der Waals surface area contributed by atoms with Crippen LogP contribution in [0, 0.1) is 5.92 Å². The molecule has 0 radical (unpaired) electrons. The lowest BCUT2D eigenvalue weighted by molar-refractivity contribution is 0.178. The summed E-state index contributed by atoms with van der Waals surface area (Å²) in [6.07, 6.45) is 6.25. The quantitative estimate of drug-likeness (QED) is 0.722. The molecule has 3 N–H and O–H groups in total. The second-order valence-corrected chi connectivity index (χ2v) is 4.53. The van der Waals surface area contributed by atoms with Crippen molar-refractivity contribution in [1.29, 1.82) is 0 Å². The monoisotopic (exact) mass is 236 g/mol. The summed E-state index contributed by atoms with van der Waals surface area (Å²) in [4.78, 5) is 8.52. The first-order chi connectivity index (χ1) is 8.28. The highest BCUT2D eigenvalue weighted by Gasteiger charge is 2.22. The zero-order valence-corrected chi connectivity index (χ0v) is 10.2. The van der Waals surface area contributed by atoms with Crippen LogP contribution in [0.15, 0.2) is 12.4 Å². The minimum atomic E-state index is -0.110. The average molecular weight is 236 g/mol. The van der Waals surface area contributed by atoms with Crippen LogP contribution in [0.25, 0.3) is 0 Å². The molecule has 1 aliphatic rings. The molecule has 1 aromatic heterocycles. The molecular weight excluding hydrogens is 216 g/mol. The third-order valence-electron chi connectivity index (χ3n) is 3.08. The van der Waals surface area contributed by atoms with Crippen LogP contribution in [0.2, 0.25) is 0 Å². The van der Waals surface area contributed by atoms with Crippen LogP contribution in [0.5, 0.6) is 0 Å². The molecule has 0 saturated heterocycles. The molecule has 0 bridgehead atoms. The number of hydrogen-bond donors (Lipinski definition) is 3. The molecule has 1 aromatic rings. The van der Waals surface area contributed by atoms with Gasteiger partial charge in [-0.1, -0.05) is 0 Å². The van der Waals surface area contributed by atoms with Crippen molar-refractivity contribution in [3.63, 3.8) is 0 Å². The van der Waals surface area contributed by atoms with Crippen LogP contribution in [0.1, 0.15) is 26.2 Å². The molecule has 17 heavy (non-hydrogen) atoms. The maximum atomic E-state index is 9.45. The number of nitrogens with one attached hydrogen (secondary N) is 2. The highest BCUT2D eigenvalue weighted by molar-refractivity contribution is 5.41. The van der Waals surface area contributed by atoms with E-state index in [1.54, 1.807) is 12.4 Å².